The highest BCUT2D eigenvalue weighted by Gasteiger charge is 2.00. The van der Waals surface area contributed by atoms with Crippen LogP contribution >= 0.6 is 0 Å². The molecule has 0 unspecified atom stereocenters. The van der Waals surface area contributed by atoms with E-state index in [9.17, 15) is 4.39 Å². The van der Waals surface area contributed by atoms with Gasteiger partial charge in [-0.25, -0.2) is 4.39 Å². The zero-order chi connectivity index (χ0) is 14.4. The summed E-state index contributed by atoms with van der Waals surface area (Å²) in [6.45, 7) is 5.91. The van der Waals surface area contributed by atoms with Gasteiger partial charge < -0.3 is 5.32 Å². The molecule has 2 rings (SSSR count). The maximum absolute atomic E-state index is 13.0. The van der Waals surface area contributed by atoms with E-state index in [1.54, 1.807) is 6.07 Å². The minimum absolute atomic E-state index is 0.157. The van der Waals surface area contributed by atoms with Crippen molar-refractivity contribution in [3.63, 3.8) is 0 Å². The average Bonchev–Trinajstić information content (AvgIpc) is 2.46. The molecule has 0 heterocycles. The van der Waals surface area contributed by atoms with Gasteiger partial charge in [-0.05, 0) is 60.7 Å². The molecule has 0 aromatic heterocycles. The number of aryl methyl sites for hydroxylation is 2. The molecule has 0 radical (unpaired) electrons. The zero-order valence-electron chi connectivity index (χ0n) is 12.2. The van der Waals surface area contributed by atoms with Gasteiger partial charge in [0, 0.05) is 6.54 Å². The Hall–Kier alpha value is -1.67. The number of benzene rings is 2. The highest BCUT2D eigenvalue weighted by Crippen LogP contribution is 2.10. The number of rotatable bonds is 6. The zero-order valence-corrected chi connectivity index (χ0v) is 12.2. The lowest BCUT2D eigenvalue weighted by Gasteiger charge is -2.08. The van der Waals surface area contributed by atoms with Gasteiger partial charge in [0.05, 0.1) is 0 Å². The van der Waals surface area contributed by atoms with Gasteiger partial charge in [0.2, 0.25) is 0 Å². The topological polar surface area (TPSA) is 12.0 Å². The van der Waals surface area contributed by atoms with Crippen LogP contribution in [0.15, 0.2) is 42.5 Å². The van der Waals surface area contributed by atoms with E-state index in [2.05, 4.69) is 36.5 Å². The van der Waals surface area contributed by atoms with Crippen molar-refractivity contribution in [2.24, 2.45) is 0 Å². The van der Waals surface area contributed by atoms with Gasteiger partial charge in [0.15, 0.2) is 0 Å². The third-order valence-electron chi connectivity index (χ3n) is 3.64. The van der Waals surface area contributed by atoms with Crippen molar-refractivity contribution in [1.29, 1.82) is 0 Å². The van der Waals surface area contributed by atoms with E-state index < -0.39 is 0 Å². The monoisotopic (exact) mass is 271 g/mol. The first kappa shape index (κ1) is 14.7. The summed E-state index contributed by atoms with van der Waals surface area (Å²) in [6, 6.07) is 13.7. The second-order valence-corrected chi connectivity index (χ2v) is 5.17. The standard InChI is InChI=1S/C18H22FN/c1-3-15-4-6-16(7-5-15)13-20-11-10-17-8-9-18(19)12-14(17)2/h4-9,12,20H,3,10-11,13H2,1-2H3. The summed E-state index contributed by atoms with van der Waals surface area (Å²) in [5.41, 5.74) is 4.91. The van der Waals surface area contributed by atoms with E-state index in [0.29, 0.717) is 0 Å². The molecule has 0 atom stereocenters. The third kappa shape index (κ3) is 4.17. The van der Waals surface area contributed by atoms with Gasteiger partial charge >= 0.3 is 0 Å². The van der Waals surface area contributed by atoms with Gasteiger partial charge in [-0.2, -0.15) is 0 Å². The van der Waals surface area contributed by atoms with E-state index in [4.69, 9.17) is 0 Å². The van der Waals surface area contributed by atoms with Gasteiger partial charge in [0.25, 0.3) is 0 Å². The molecule has 0 aliphatic rings. The van der Waals surface area contributed by atoms with Crippen LogP contribution in [0.1, 0.15) is 29.2 Å². The van der Waals surface area contributed by atoms with Crippen molar-refractivity contribution in [3.8, 4) is 0 Å². The fourth-order valence-corrected chi connectivity index (χ4v) is 2.29. The molecule has 2 heteroatoms. The summed E-state index contributed by atoms with van der Waals surface area (Å²) >= 11 is 0. The molecule has 0 aliphatic carbocycles. The first-order chi connectivity index (χ1) is 9.69. The lowest BCUT2D eigenvalue weighted by molar-refractivity contribution is 0.624. The van der Waals surface area contributed by atoms with Gasteiger partial charge in [-0.3, -0.25) is 0 Å². The molecular formula is C18H22FN. The lowest BCUT2D eigenvalue weighted by Crippen LogP contribution is -2.17. The van der Waals surface area contributed by atoms with E-state index >= 15 is 0 Å². The van der Waals surface area contributed by atoms with Crippen LogP contribution in [0.2, 0.25) is 0 Å². The molecule has 2 aromatic rings. The number of nitrogens with one attached hydrogen (secondary N) is 1. The molecule has 1 nitrogen and oxygen atoms in total. The second-order valence-electron chi connectivity index (χ2n) is 5.17. The van der Waals surface area contributed by atoms with Crippen LogP contribution in [0.4, 0.5) is 4.39 Å². The predicted octanol–water partition coefficient (Wildman–Crippen LogP) is 4.03. The largest absolute Gasteiger partial charge is 0.312 e. The van der Waals surface area contributed by atoms with Crippen molar-refractivity contribution in [1.82, 2.24) is 5.32 Å². The predicted molar refractivity (Wildman–Crippen MR) is 82.4 cm³/mol. The van der Waals surface area contributed by atoms with Crippen molar-refractivity contribution < 1.29 is 4.39 Å². The molecule has 20 heavy (non-hydrogen) atoms. The molecule has 0 saturated carbocycles. The average molecular weight is 271 g/mol. The van der Waals surface area contributed by atoms with Crippen molar-refractivity contribution in [3.05, 3.63) is 70.5 Å². The molecular weight excluding hydrogens is 249 g/mol. The smallest absolute Gasteiger partial charge is 0.123 e. The van der Waals surface area contributed by atoms with Gasteiger partial charge in [-0.1, -0.05) is 37.3 Å². The fraction of sp³-hybridized carbons (Fsp3) is 0.333. The SMILES string of the molecule is CCc1ccc(CNCCc2ccc(F)cc2C)cc1. The Bertz CT molecular complexity index is 546. The molecule has 0 spiro atoms. The third-order valence-corrected chi connectivity index (χ3v) is 3.64. The Morgan fingerprint density at radius 3 is 2.35 bits per heavy atom. The molecule has 0 aliphatic heterocycles. The summed E-state index contributed by atoms with van der Waals surface area (Å²) in [5, 5.41) is 3.44. The minimum atomic E-state index is -0.157. The van der Waals surface area contributed by atoms with Crippen LogP contribution in [0.5, 0.6) is 0 Å². The van der Waals surface area contributed by atoms with E-state index in [0.717, 1.165) is 31.5 Å². The molecule has 2 aromatic carbocycles. The Labute approximate surface area is 120 Å². The van der Waals surface area contributed by atoms with Crippen molar-refractivity contribution >= 4 is 0 Å². The minimum Gasteiger partial charge on any atom is -0.312 e. The van der Waals surface area contributed by atoms with Crippen molar-refractivity contribution in [2.45, 2.75) is 33.2 Å². The molecule has 0 fully saturated rings. The van der Waals surface area contributed by atoms with Gasteiger partial charge in [0.1, 0.15) is 5.82 Å². The molecule has 0 saturated heterocycles. The summed E-state index contributed by atoms with van der Waals surface area (Å²) in [4.78, 5) is 0. The van der Waals surface area contributed by atoms with Gasteiger partial charge in [-0.15, -0.1) is 0 Å². The lowest BCUT2D eigenvalue weighted by atomic mass is 10.1. The van der Waals surface area contributed by atoms with Crippen LogP contribution in [0, 0.1) is 12.7 Å². The highest BCUT2D eigenvalue weighted by atomic mass is 19.1. The second kappa shape index (κ2) is 7.20. The molecule has 0 amide bonds. The Kier molecular flexibility index (Phi) is 5.31. The maximum atomic E-state index is 13.0. The number of halogens is 1. The quantitative estimate of drug-likeness (QED) is 0.782. The summed E-state index contributed by atoms with van der Waals surface area (Å²) in [6.07, 6.45) is 2.01. The van der Waals surface area contributed by atoms with Crippen LogP contribution in [0.25, 0.3) is 0 Å². The first-order valence-corrected chi connectivity index (χ1v) is 7.22. The Morgan fingerprint density at radius 2 is 1.70 bits per heavy atom. The highest BCUT2D eigenvalue weighted by molar-refractivity contribution is 5.27. The van der Waals surface area contributed by atoms with Crippen LogP contribution in [0.3, 0.4) is 0 Å². The van der Waals surface area contributed by atoms with Crippen LogP contribution in [-0.2, 0) is 19.4 Å². The maximum Gasteiger partial charge on any atom is 0.123 e. The Balaban J connectivity index is 1.78. The molecule has 0 bridgehead atoms. The summed E-state index contributed by atoms with van der Waals surface area (Å²) in [5.74, 6) is -0.157. The first-order valence-electron chi connectivity index (χ1n) is 7.22. The summed E-state index contributed by atoms with van der Waals surface area (Å²) < 4.78 is 13.0. The normalized spacial score (nSPS) is 10.8. The molecule has 106 valence electrons. The van der Waals surface area contributed by atoms with Crippen LogP contribution < -0.4 is 5.32 Å². The molecule has 1 N–H and O–H groups in total. The number of hydrogen-bond acceptors (Lipinski definition) is 1. The van der Waals surface area contributed by atoms with Crippen molar-refractivity contribution in [2.75, 3.05) is 6.54 Å². The van der Waals surface area contributed by atoms with E-state index in [1.165, 1.54) is 22.8 Å². The summed E-state index contributed by atoms with van der Waals surface area (Å²) in [7, 11) is 0. The Morgan fingerprint density at radius 1 is 1.00 bits per heavy atom. The van der Waals surface area contributed by atoms with Crippen LogP contribution in [-0.4, -0.2) is 6.54 Å². The number of hydrogen-bond donors (Lipinski definition) is 1. The van der Waals surface area contributed by atoms with E-state index in [1.807, 2.05) is 13.0 Å². The van der Waals surface area contributed by atoms with E-state index in [-0.39, 0.29) is 5.82 Å². The fourth-order valence-electron chi connectivity index (χ4n) is 2.29.